The molecule has 0 aliphatic carbocycles. The molecule has 0 amide bonds. The first-order valence-corrected chi connectivity index (χ1v) is 6.50. The van der Waals surface area contributed by atoms with Crippen molar-refractivity contribution in [1.82, 2.24) is 4.72 Å². The van der Waals surface area contributed by atoms with Gasteiger partial charge >= 0.3 is 0 Å². The molecular formula is C9H21NO2S. The first-order chi connectivity index (χ1) is 5.83. The Morgan fingerprint density at radius 2 is 1.77 bits per heavy atom. The largest absolute Gasteiger partial charge is 0.212 e. The molecule has 0 aliphatic rings. The molecule has 1 N–H and O–H groups in total. The Hall–Kier alpha value is -0.0900. The van der Waals surface area contributed by atoms with Crippen molar-refractivity contribution in [3.8, 4) is 0 Å². The van der Waals surface area contributed by atoms with Gasteiger partial charge in [0.1, 0.15) is 0 Å². The maximum absolute atomic E-state index is 11.5. The summed E-state index contributed by atoms with van der Waals surface area (Å²) in [6, 6.07) is 0. The molecule has 0 unspecified atom stereocenters. The van der Waals surface area contributed by atoms with Crippen LogP contribution >= 0.6 is 0 Å². The summed E-state index contributed by atoms with van der Waals surface area (Å²) >= 11 is 0. The minimum atomic E-state index is -3.06. The van der Waals surface area contributed by atoms with E-state index in [9.17, 15) is 8.42 Å². The summed E-state index contributed by atoms with van der Waals surface area (Å²) in [5.41, 5.74) is -0.313. The van der Waals surface area contributed by atoms with Gasteiger partial charge in [0.05, 0.1) is 5.75 Å². The van der Waals surface area contributed by atoms with E-state index in [0.717, 1.165) is 19.3 Å². The van der Waals surface area contributed by atoms with Gasteiger partial charge in [-0.25, -0.2) is 13.1 Å². The molecule has 0 bridgehead atoms. The highest BCUT2D eigenvalue weighted by Crippen LogP contribution is 2.09. The van der Waals surface area contributed by atoms with Crippen LogP contribution in [-0.4, -0.2) is 19.7 Å². The van der Waals surface area contributed by atoms with Crippen LogP contribution in [0.2, 0.25) is 0 Å². The van der Waals surface area contributed by atoms with E-state index in [2.05, 4.69) is 4.72 Å². The molecule has 0 heterocycles. The second kappa shape index (κ2) is 4.96. The van der Waals surface area contributed by atoms with Gasteiger partial charge in [-0.2, -0.15) is 0 Å². The minimum absolute atomic E-state index is 0.243. The number of hydrogen-bond acceptors (Lipinski definition) is 2. The fourth-order valence-electron chi connectivity index (χ4n) is 0.879. The van der Waals surface area contributed by atoms with E-state index in [1.54, 1.807) is 0 Å². The summed E-state index contributed by atoms with van der Waals surface area (Å²) in [5.74, 6) is 0.243. The standard InChI is InChI=1S/C9H21NO2S/c1-5-7-8-13(11,12)10-9(3,4)6-2/h10H,5-8H2,1-4H3. The van der Waals surface area contributed by atoms with Crippen LogP contribution in [0.25, 0.3) is 0 Å². The summed E-state index contributed by atoms with van der Waals surface area (Å²) in [6.45, 7) is 7.76. The van der Waals surface area contributed by atoms with Crippen LogP contribution in [0.5, 0.6) is 0 Å². The molecular weight excluding hydrogens is 186 g/mol. The zero-order valence-corrected chi connectivity index (χ0v) is 9.87. The molecule has 0 rings (SSSR count). The predicted octanol–water partition coefficient (Wildman–Crippen LogP) is 1.89. The Bertz CT molecular complexity index is 232. The first-order valence-electron chi connectivity index (χ1n) is 4.84. The van der Waals surface area contributed by atoms with E-state index in [-0.39, 0.29) is 11.3 Å². The molecule has 0 aromatic rings. The van der Waals surface area contributed by atoms with Gasteiger partial charge in [0.15, 0.2) is 0 Å². The van der Waals surface area contributed by atoms with Crippen LogP contribution in [-0.2, 0) is 10.0 Å². The van der Waals surface area contributed by atoms with Crippen molar-refractivity contribution in [2.75, 3.05) is 5.75 Å². The van der Waals surface area contributed by atoms with Crippen LogP contribution in [0.4, 0.5) is 0 Å². The lowest BCUT2D eigenvalue weighted by Crippen LogP contribution is -2.43. The average molecular weight is 207 g/mol. The molecule has 0 aliphatic heterocycles. The maximum Gasteiger partial charge on any atom is 0.212 e. The van der Waals surface area contributed by atoms with Gasteiger partial charge in [-0.3, -0.25) is 0 Å². The summed E-state index contributed by atoms with van der Waals surface area (Å²) in [7, 11) is -3.06. The molecule has 13 heavy (non-hydrogen) atoms. The lowest BCUT2D eigenvalue weighted by Gasteiger charge is -2.23. The molecule has 0 aromatic heterocycles. The van der Waals surface area contributed by atoms with Crippen LogP contribution in [0.3, 0.4) is 0 Å². The van der Waals surface area contributed by atoms with Gasteiger partial charge in [0.25, 0.3) is 0 Å². The summed E-state index contributed by atoms with van der Waals surface area (Å²) < 4.78 is 25.6. The normalized spacial score (nSPS) is 13.2. The fourth-order valence-corrected chi connectivity index (χ4v) is 2.64. The smallest absolute Gasteiger partial charge is 0.212 e. The highest BCUT2D eigenvalue weighted by molar-refractivity contribution is 7.89. The van der Waals surface area contributed by atoms with Crippen LogP contribution in [0.15, 0.2) is 0 Å². The molecule has 0 saturated heterocycles. The third kappa shape index (κ3) is 6.05. The lowest BCUT2D eigenvalue weighted by atomic mass is 10.0. The van der Waals surface area contributed by atoms with Gasteiger partial charge < -0.3 is 0 Å². The fraction of sp³-hybridized carbons (Fsp3) is 1.00. The zero-order valence-electron chi connectivity index (χ0n) is 9.05. The van der Waals surface area contributed by atoms with E-state index in [0.29, 0.717) is 0 Å². The maximum atomic E-state index is 11.5. The van der Waals surface area contributed by atoms with E-state index >= 15 is 0 Å². The quantitative estimate of drug-likeness (QED) is 0.723. The molecule has 0 radical (unpaired) electrons. The van der Waals surface area contributed by atoms with Gasteiger partial charge in [-0.15, -0.1) is 0 Å². The second-order valence-electron chi connectivity index (χ2n) is 4.01. The first kappa shape index (κ1) is 12.9. The zero-order chi connectivity index (χ0) is 10.5. The summed E-state index contributed by atoms with van der Waals surface area (Å²) in [5, 5.41) is 0. The Balaban J connectivity index is 4.18. The van der Waals surface area contributed by atoms with E-state index in [1.807, 2.05) is 27.7 Å². The summed E-state index contributed by atoms with van der Waals surface area (Å²) in [4.78, 5) is 0. The molecule has 0 atom stereocenters. The Kier molecular flexibility index (Phi) is 4.92. The molecule has 3 nitrogen and oxygen atoms in total. The van der Waals surface area contributed by atoms with Crippen molar-refractivity contribution >= 4 is 10.0 Å². The second-order valence-corrected chi connectivity index (χ2v) is 5.85. The average Bonchev–Trinajstić information content (AvgIpc) is 1.99. The topological polar surface area (TPSA) is 46.2 Å². The predicted molar refractivity (Wildman–Crippen MR) is 56.2 cm³/mol. The summed E-state index contributed by atoms with van der Waals surface area (Å²) in [6.07, 6.45) is 2.45. The molecule has 0 aromatic carbocycles. The number of rotatable bonds is 6. The van der Waals surface area contributed by atoms with Crippen LogP contribution in [0.1, 0.15) is 47.0 Å². The van der Waals surface area contributed by atoms with Crippen LogP contribution < -0.4 is 4.72 Å². The number of sulfonamides is 1. The van der Waals surface area contributed by atoms with Gasteiger partial charge in [0, 0.05) is 5.54 Å². The van der Waals surface area contributed by atoms with Crippen molar-refractivity contribution in [3.63, 3.8) is 0 Å². The van der Waals surface area contributed by atoms with Gasteiger partial charge in [-0.1, -0.05) is 20.3 Å². The third-order valence-electron chi connectivity index (χ3n) is 2.08. The highest BCUT2D eigenvalue weighted by atomic mass is 32.2. The van der Waals surface area contributed by atoms with Crippen molar-refractivity contribution in [2.24, 2.45) is 0 Å². The number of hydrogen-bond donors (Lipinski definition) is 1. The molecule has 0 saturated carbocycles. The third-order valence-corrected chi connectivity index (χ3v) is 3.77. The molecule has 4 heteroatoms. The van der Waals surface area contributed by atoms with Gasteiger partial charge in [0.2, 0.25) is 10.0 Å². The van der Waals surface area contributed by atoms with Crippen LogP contribution in [0, 0.1) is 0 Å². The Morgan fingerprint density at radius 3 is 2.15 bits per heavy atom. The van der Waals surface area contributed by atoms with E-state index < -0.39 is 10.0 Å². The molecule has 80 valence electrons. The van der Waals surface area contributed by atoms with E-state index in [1.165, 1.54) is 0 Å². The van der Waals surface area contributed by atoms with Crippen molar-refractivity contribution in [1.29, 1.82) is 0 Å². The highest BCUT2D eigenvalue weighted by Gasteiger charge is 2.21. The Morgan fingerprint density at radius 1 is 1.23 bits per heavy atom. The number of nitrogens with one attached hydrogen (secondary N) is 1. The minimum Gasteiger partial charge on any atom is -0.212 e. The SMILES string of the molecule is CCCCS(=O)(=O)NC(C)(C)CC. The monoisotopic (exact) mass is 207 g/mol. The molecule has 0 fully saturated rings. The van der Waals surface area contributed by atoms with E-state index in [4.69, 9.17) is 0 Å². The van der Waals surface area contributed by atoms with Crippen molar-refractivity contribution < 1.29 is 8.42 Å². The van der Waals surface area contributed by atoms with Gasteiger partial charge in [-0.05, 0) is 26.7 Å². The lowest BCUT2D eigenvalue weighted by molar-refractivity contribution is 0.439. The molecule has 0 spiro atoms. The van der Waals surface area contributed by atoms with Crippen molar-refractivity contribution in [2.45, 2.75) is 52.5 Å². The number of unbranched alkanes of at least 4 members (excludes halogenated alkanes) is 1. The Labute approximate surface area is 82.0 Å². The van der Waals surface area contributed by atoms with Crippen molar-refractivity contribution in [3.05, 3.63) is 0 Å².